The van der Waals surface area contributed by atoms with Crippen LogP contribution in [-0.2, 0) is 17.7 Å². The van der Waals surface area contributed by atoms with Crippen LogP contribution in [0.25, 0.3) is 0 Å². The van der Waals surface area contributed by atoms with Gasteiger partial charge in [0, 0.05) is 13.0 Å². The third-order valence-electron chi connectivity index (χ3n) is 2.27. The molecule has 0 aliphatic carbocycles. The first-order valence-corrected chi connectivity index (χ1v) is 4.86. The van der Waals surface area contributed by atoms with Gasteiger partial charge in [-0.05, 0) is 6.92 Å². The van der Waals surface area contributed by atoms with Crippen molar-refractivity contribution >= 4 is 12.1 Å². The topological polar surface area (TPSA) is 81.6 Å². The maximum absolute atomic E-state index is 11.4. The molecular weight excluding hydrogens is 198 g/mol. The van der Waals surface area contributed by atoms with Gasteiger partial charge in [-0.15, -0.1) is 0 Å². The molecule has 82 valence electrons. The van der Waals surface area contributed by atoms with Crippen molar-refractivity contribution in [2.24, 2.45) is 0 Å². The van der Waals surface area contributed by atoms with Gasteiger partial charge in [-0.2, -0.15) is 4.98 Å². The molecule has 0 bridgehead atoms. The minimum absolute atomic E-state index is 0.158. The van der Waals surface area contributed by atoms with Crippen LogP contribution in [0.1, 0.15) is 18.4 Å². The number of oxazole rings is 1. The molecule has 6 nitrogen and oxygen atoms in total. The molecule has 2 rings (SSSR count). The average molecular weight is 211 g/mol. The number of ether oxygens (including phenoxy) is 1. The molecule has 1 aromatic rings. The summed E-state index contributed by atoms with van der Waals surface area (Å²) in [7, 11) is 0. The van der Waals surface area contributed by atoms with Crippen LogP contribution in [0, 0.1) is 0 Å². The summed E-state index contributed by atoms with van der Waals surface area (Å²) >= 11 is 0. The van der Waals surface area contributed by atoms with E-state index >= 15 is 0 Å². The van der Waals surface area contributed by atoms with E-state index in [0.717, 1.165) is 11.5 Å². The molecule has 6 heteroatoms. The van der Waals surface area contributed by atoms with Crippen molar-refractivity contribution in [2.45, 2.75) is 19.9 Å². The van der Waals surface area contributed by atoms with Crippen LogP contribution in [0.2, 0.25) is 0 Å². The van der Waals surface area contributed by atoms with E-state index in [2.05, 4.69) is 4.98 Å². The Morgan fingerprint density at radius 3 is 3.27 bits per heavy atom. The number of nitrogens with two attached hydrogens (primary N) is 1. The van der Waals surface area contributed by atoms with Gasteiger partial charge < -0.3 is 19.8 Å². The van der Waals surface area contributed by atoms with Crippen LogP contribution in [0.5, 0.6) is 0 Å². The minimum atomic E-state index is -0.315. The number of hydrogen-bond donors (Lipinski definition) is 1. The van der Waals surface area contributed by atoms with Crippen LogP contribution in [-0.4, -0.2) is 29.1 Å². The SMILES string of the molecule is CCOC(=O)N1CCc2oc(N)nc2C1. The Balaban J connectivity index is 2.08. The lowest BCUT2D eigenvalue weighted by molar-refractivity contribution is 0.101. The minimum Gasteiger partial charge on any atom is -0.450 e. The number of hydrogen-bond acceptors (Lipinski definition) is 5. The van der Waals surface area contributed by atoms with Gasteiger partial charge in [-0.3, -0.25) is 0 Å². The summed E-state index contributed by atoms with van der Waals surface area (Å²) in [6.45, 7) is 3.15. The standard InChI is InChI=1S/C9H13N3O3/c1-2-14-9(13)12-4-3-7-6(5-12)11-8(10)15-7/h2-5H2,1H3,(H2,10,11). The summed E-state index contributed by atoms with van der Waals surface area (Å²) in [6, 6.07) is 0.158. The number of rotatable bonds is 1. The maximum atomic E-state index is 11.4. The van der Waals surface area contributed by atoms with E-state index in [1.54, 1.807) is 11.8 Å². The van der Waals surface area contributed by atoms with E-state index in [4.69, 9.17) is 14.9 Å². The summed E-state index contributed by atoms with van der Waals surface area (Å²) in [5.41, 5.74) is 6.15. The van der Waals surface area contributed by atoms with Crippen LogP contribution in [0.3, 0.4) is 0 Å². The van der Waals surface area contributed by atoms with Crippen molar-refractivity contribution in [1.82, 2.24) is 9.88 Å². The third kappa shape index (κ3) is 1.88. The first kappa shape index (κ1) is 9.82. The number of fused-ring (bicyclic) bond motifs is 1. The summed E-state index contributed by atoms with van der Waals surface area (Å²) in [5.74, 6) is 0.771. The smallest absolute Gasteiger partial charge is 0.410 e. The molecule has 0 radical (unpaired) electrons. The van der Waals surface area contributed by atoms with Gasteiger partial charge in [0.05, 0.1) is 13.2 Å². The van der Waals surface area contributed by atoms with E-state index in [9.17, 15) is 4.79 Å². The number of nitrogen functional groups attached to an aromatic ring is 1. The lowest BCUT2D eigenvalue weighted by Crippen LogP contribution is -2.36. The fourth-order valence-electron chi connectivity index (χ4n) is 1.59. The predicted octanol–water partition coefficient (Wildman–Crippen LogP) is 0.771. The van der Waals surface area contributed by atoms with Crippen molar-refractivity contribution in [3.05, 3.63) is 11.5 Å². The highest BCUT2D eigenvalue weighted by Crippen LogP contribution is 2.20. The molecule has 0 atom stereocenters. The number of nitrogens with zero attached hydrogens (tertiary/aromatic N) is 2. The van der Waals surface area contributed by atoms with Crippen molar-refractivity contribution in [2.75, 3.05) is 18.9 Å². The molecule has 0 saturated heterocycles. The second kappa shape index (κ2) is 3.80. The number of anilines is 1. The Labute approximate surface area is 87.0 Å². The van der Waals surface area contributed by atoms with Gasteiger partial charge >= 0.3 is 6.09 Å². The predicted molar refractivity (Wildman–Crippen MR) is 52.1 cm³/mol. The molecular formula is C9H13N3O3. The summed E-state index contributed by atoms with van der Waals surface area (Å²) in [5, 5.41) is 0. The lowest BCUT2D eigenvalue weighted by atomic mass is 10.2. The zero-order valence-electron chi connectivity index (χ0n) is 8.52. The quantitative estimate of drug-likeness (QED) is 0.742. The largest absolute Gasteiger partial charge is 0.450 e. The monoisotopic (exact) mass is 211 g/mol. The molecule has 0 aromatic carbocycles. The Bertz CT molecular complexity index is 375. The highest BCUT2D eigenvalue weighted by molar-refractivity contribution is 5.67. The average Bonchev–Trinajstić information content (AvgIpc) is 2.57. The number of aromatic nitrogens is 1. The fourth-order valence-corrected chi connectivity index (χ4v) is 1.59. The van der Waals surface area contributed by atoms with Crippen molar-refractivity contribution in [3.8, 4) is 0 Å². The molecule has 1 aliphatic rings. The highest BCUT2D eigenvalue weighted by Gasteiger charge is 2.25. The molecule has 1 aromatic heterocycles. The Morgan fingerprint density at radius 2 is 2.53 bits per heavy atom. The lowest BCUT2D eigenvalue weighted by Gasteiger charge is -2.24. The summed E-state index contributed by atoms with van der Waals surface area (Å²) < 4.78 is 10.1. The van der Waals surface area contributed by atoms with Crippen LogP contribution in [0.15, 0.2) is 4.42 Å². The van der Waals surface area contributed by atoms with Gasteiger partial charge in [0.1, 0.15) is 11.5 Å². The molecule has 1 aliphatic heterocycles. The number of carbonyl (C=O) groups is 1. The van der Waals surface area contributed by atoms with Crippen LogP contribution < -0.4 is 5.73 Å². The molecule has 1 amide bonds. The van der Waals surface area contributed by atoms with Crippen molar-refractivity contribution in [1.29, 1.82) is 0 Å². The molecule has 2 N–H and O–H groups in total. The van der Waals surface area contributed by atoms with E-state index in [1.807, 2.05) is 0 Å². The Hall–Kier alpha value is -1.72. The molecule has 0 unspecified atom stereocenters. The second-order valence-electron chi connectivity index (χ2n) is 3.29. The van der Waals surface area contributed by atoms with Crippen LogP contribution in [0.4, 0.5) is 10.8 Å². The van der Waals surface area contributed by atoms with E-state index in [1.165, 1.54) is 0 Å². The van der Waals surface area contributed by atoms with Gasteiger partial charge in [0.15, 0.2) is 0 Å². The first-order valence-electron chi connectivity index (χ1n) is 4.86. The number of carbonyl (C=O) groups excluding carboxylic acids is 1. The van der Waals surface area contributed by atoms with Crippen molar-refractivity contribution < 1.29 is 13.9 Å². The molecule has 0 saturated carbocycles. The van der Waals surface area contributed by atoms with Gasteiger partial charge in [0.2, 0.25) is 0 Å². The first-order chi connectivity index (χ1) is 7.20. The molecule has 15 heavy (non-hydrogen) atoms. The van der Waals surface area contributed by atoms with Gasteiger partial charge in [-0.25, -0.2) is 4.79 Å². The van der Waals surface area contributed by atoms with E-state index in [-0.39, 0.29) is 12.1 Å². The maximum Gasteiger partial charge on any atom is 0.410 e. The van der Waals surface area contributed by atoms with Gasteiger partial charge in [0.25, 0.3) is 6.01 Å². The normalized spacial score (nSPS) is 14.9. The summed E-state index contributed by atoms with van der Waals surface area (Å²) in [6.07, 6.45) is 0.322. The van der Waals surface area contributed by atoms with Crippen molar-refractivity contribution in [3.63, 3.8) is 0 Å². The second-order valence-corrected chi connectivity index (χ2v) is 3.29. The molecule has 2 heterocycles. The van der Waals surface area contributed by atoms with E-state index < -0.39 is 0 Å². The number of amides is 1. The Morgan fingerprint density at radius 1 is 1.73 bits per heavy atom. The highest BCUT2D eigenvalue weighted by atomic mass is 16.6. The third-order valence-corrected chi connectivity index (χ3v) is 2.27. The zero-order chi connectivity index (χ0) is 10.8. The fraction of sp³-hybridized carbons (Fsp3) is 0.556. The van der Waals surface area contributed by atoms with Gasteiger partial charge in [-0.1, -0.05) is 0 Å². The summed E-state index contributed by atoms with van der Waals surface area (Å²) in [4.78, 5) is 17.0. The zero-order valence-corrected chi connectivity index (χ0v) is 8.52. The Kier molecular flexibility index (Phi) is 2.49. The van der Waals surface area contributed by atoms with E-state index in [0.29, 0.717) is 26.1 Å². The molecule has 0 fully saturated rings. The molecule has 0 spiro atoms. The van der Waals surface area contributed by atoms with Crippen LogP contribution >= 0.6 is 0 Å².